The van der Waals surface area contributed by atoms with Gasteiger partial charge in [-0.15, -0.1) is 0 Å². The van der Waals surface area contributed by atoms with E-state index in [1.165, 1.54) is 0 Å². The van der Waals surface area contributed by atoms with E-state index in [9.17, 15) is 9.59 Å². The number of amides is 1. The van der Waals surface area contributed by atoms with E-state index in [1.807, 2.05) is 6.92 Å². The molecule has 1 heterocycles. The minimum atomic E-state index is -1.03. The number of carboxylic acids is 1. The van der Waals surface area contributed by atoms with Crippen LogP contribution in [-0.4, -0.2) is 86.8 Å². The van der Waals surface area contributed by atoms with E-state index in [4.69, 9.17) is 5.11 Å². The van der Waals surface area contributed by atoms with Crippen LogP contribution in [0.3, 0.4) is 0 Å². The molecular weight excluding hydrogens is 274 g/mol. The Kier molecular flexibility index (Phi) is 8.91. The predicted octanol–water partition coefficient (Wildman–Crippen LogP) is -2.34. The molecule has 8 nitrogen and oxygen atoms in total. The lowest BCUT2D eigenvalue weighted by molar-refractivity contribution is -0.138. The van der Waals surface area contributed by atoms with Crippen molar-refractivity contribution in [2.75, 3.05) is 58.9 Å². The Hall–Kier alpha value is -1.22. The fourth-order valence-electron chi connectivity index (χ4n) is 2.15. The number of rotatable bonds is 4. The summed E-state index contributed by atoms with van der Waals surface area (Å²) in [7, 11) is 0. The molecule has 0 aliphatic carbocycles. The number of nitrogens with zero attached hydrogens (tertiary/aromatic N) is 1. The normalized spacial score (nSPS) is 20.8. The summed E-state index contributed by atoms with van der Waals surface area (Å²) in [5, 5.41) is 21.0. The van der Waals surface area contributed by atoms with Crippen LogP contribution in [0, 0.1) is 0 Å². The van der Waals surface area contributed by atoms with Crippen LogP contribution in [0.15, 0.2) is 0 Å². The average Bonchev–Trinajstić information content (AvgIpc) is 2.44. The van der Waals surface area contributed by atoms with Crippen molar-refractivity contribution in [2.24, 2.45) is 0 Å². The first kappa shape index (κ1) is 17.8. The summed E-state index contributed by atoms with van der Waals surface area (Å²) in [6.07, 6.45) is 0. The van der Waals surface area contributed by atoms with Crippen molar-refractivity contribution >= 4 is 11.9 Å². The minimum Gasteiger partial charge on any atom is -0.480 e. The molecule has 1 atom stereocenters. The standard InChI is InChI=1S/C13H27N5O3/c1-11(13(21)17-10-12(19)20)18-8-6-15-4-2-14-3-5-16-7-9-18/h11,14-16H,2-10H2,1H3,(H,17,21)(H,19,20). The van der Waals surface area contributed by atoms with Gasteiger partial charge in [0.2, 0.25) is 5.91 Å². The molecule has 5 N–H and O–H groups in total. The van der Waals surface area contributed by atoms with Crippen LogP contribution in [-0.2, 0) is 9.59 Å². The molecule has 1 rings (SSSR count). The Bertz CT molecular complexity index is 315. The zero-order chi connectivity index (χ0) is 15.5. The third-order valence-electron chi connectivity index (χ3n) is 3.45. The zero-order valence-corrected chi connectivity index (χ0v) is 12.7. The number of carbonyl (C=O) groups excluding carboxylic acids is 1. The lowest BCUT2D eigenvalue weighted by Crippen LogP contribution is -2.50. The van der Waals surface area contributed by atoms with E-state index in [-0.39, 0.29) is 18.5 Å². The van der Waals surface area contributed by atoms with Crippen molar-refractivity contribution in [1.29, 1.82) is 0 Å². The van der Waals surface area contributed by atoms with Crippen LogP contribution in [0.4, 0.5) is 0 Å². The Balaban J connectivity index is 2.44. The van der Waals surface area contributed by atoms with Crippen molar-refractivity contribution in [3.8, 4) is 0 Å². The molecular formula is C13H27N5O3. The van der Waals surface area contributed by atoms with Gasteiger partial charge in [-0.3, -0.25) is 14.5 Å². The van der Waals surface area contributed by atoms with Crippen molar-refractivity contribution in [1.82, 2.24) is 26.2 Å². The molecule has 1 unspecified atom stereocenters. The average molecular weight is 301 g/mol. The molecule has 0 aromatic rings. The number of hydrogen-bond donors (Lipinski definition) is 5. The van der Waals surface area contributed by atoms with Gasteiger partial charge in [0.25, 0.3) is 0 Å². The summed E-state index contributed by atoms with van der Waals surface area (Å²) in [5.41, 5.74) is 0. The smallest absolute Gasteiger partial charge is 0.322 e. The monoisotopic (exact) mass is 301 g/mol. The maximum atomic E-state index is 12.0. The van der Waals surface area contributed by atoms with Gasteiger partial charge in [0.15, 0.2) is 0 Å². The van der Waals surface area contributed by atoms with Crippen molar-refractivity contribution in [2.45, 2.75) is 13.0 Å². The number of carbonyl (C=O) groups is 2. The lowest BCUT2D eigenvalue weighted by Gasteiger charge is -2.28. The molecule has 1 saturated heterocycles. The Morgan fingerprint density at radius 2 is 1.52 bits per heavy atom. The summed E-state index contributed by atoms with van der Waals surface area (Å²) in [6.45, 7) is 8.24. The molecule has 8 heteroatoms. The summed E-state index contributed by atoms with van der Waals surface area (Å²) in [4.78, 5) is 24.5. The fourth-order valence-corrected chi connectivity index (χ4v) is 2.15. The van der Waals surface area contributed by atoms with Gasteiger partial charge in [0, 0.05) is 52.4 Å². The molecule has 1 amide bonds. The second-order valence-electron chi connectivity index (χ2n) is 5.07. The topological polar surface area (TPSA) is 106 Å². The molecule has 122 valence electrons. The summed E-state index contributed by atoms with van der Waals surface area (Å²) < 4.78 is 0. The fraction of sp³-hybridized carbons (Fsp3) is 0.846. The maximum Gasteiger partial charge on any atom is 0.322 e. The van der Waals surface area contributed by atoms with Crippen molar-refractivity contribution in [3.05, 3.63) is 0 Å². The Morgan fingerprint density at radius 3 is 2.00 bits per heavy atom. The zero-order valence-electron chi connectivity index (χ0n) is 12.7. The summed E-state index contributed by atoms with van der Waals surface area (Å²) >= 11 is 0. The second-order valence-corrected chi connectivity index (χ2v) is 5.07. The highest BCUT2D eigenvalue weighted by Gasteiger charge is 2.21. The number of hydrogen-bond acceptors (Lipinski definition) is 6. The molecule has 21 heavy (non-hydrogen) atoms. The Labute approximate surface area is 125 Å². The van der Waals surface area contributed by atoms with Gasteiger partial charge in [0.1, 0.15) is 6.54 Å². The van der Waals surface area contributed by atoms with Gasteiger partial charge < -0.3 is 26.4 Å². The molecule has 0 spiro atoms. The highest BCUT2D eigenvalue weighted by Crippen LogP contribution is 1.98. The Morgan fingerprint density at radius 1 is 1.05 bits per heavy atom. The largest absolute Gasteiger partial charge is 0.480 e. The van der Waals surface area contributed by atoms with Gasteiger partial charge in [-0.25, -0.2) is 0 Å². The van der Waals surface area contributed by atoms with E-state index >= 15 is 0 Å². The maximum absolute atomic E-state index is 12.0. The number of nitrogens with one attached hydrogen (secondary N) is 4. The van der Waals surface area contributed by atoms with Crippen LogP contribution in [0.5, 0.6) is 0 Å². The van der Waals surface area contributed by atoms with Crippen LogP contribution >= 0.6 is 0 Å². The third-order valence-corrected chi connectivity index (χ3v) is 3.45. The van der Waals surface area contributed by atoms with Crippen LogP contribution in [0.2, 0.25) is 0 Å². The van der Waals surface area contributed by atoms with Crippen molar-refractivity contribution in [3.63, 3.8) is 0 Å². The van der Waals surface area contributed by atoms with Gasteiger partial charge in [0.05, 0.1) is 6.04 Å². The van der Waals surface area contributed by atoms with E-state index in [0.717, 1.165) is 52.4 Å². The highest BCUT2D eigenvalue weighted by molar-refractivity contribution is 5.84. The van der Waals surface area contributed by atoms with E-state index in [1.54, 1.807) is 0 Å². The summed E-state index contributed by atoms with van der Waals surface area (Å²) in [5.74, 6) is -1.27. The minimum absolute atomic E-state index is 0.244. The molecule has 1 aliphatic heterocycles. The van der Waals surface area contributed by atoms with Gasteiger partial charge in [-0.1, -0.05) is 0 Å². The van der Waals surface area contributed by atoms with Crippen molar-refractivity contribution < 1.29 is 14.7 Å². The first-order valence-corrected chi connectivity index (χ1v) is 7.47. The van der Waals surface area contributed by atoms with Crippen LogP contribution in [0.1, 0.15) is 6.92 Å². The highest BCUT2D eigenvalue weighted by atomic mass is 16.4. The summed E-state index contributed by atoms with van der Waals surface area (Å²) in [6, 6.07) is -0.339. The van der Waals surface area contributed by atoms with E-state index in [0.29, 0.717) is 0 Å². The third kappa shape index (κ3) is 7.96. The van der Waals surface area contributed by atoms with Gasteiger partial charge >= 0.3 is 5.97 Å². The van der Waals surface area contributed by atoms with Gasteiger partial charge in [-0.05, 0) is 6.92 Å². The quantitative estimate of drug-likeness (QED) is 0.396. The second kappa shape index (κ2) is 10.5. The predicted molar refractivity (Wildman–Crippen MR) is 80.3 cm³/mol. The SMILES string of the molecule is CC(C(=O)NCC(=O)O)N1CCNCCNCCNCC1. The van der Waals surface area contributed by atoms with E-state index < -0.39 is 5.97 Å². The van der Waals surface area contributed by atoms with Crippen LogP contribution < -0.4 is 21.3 Å². The number of carboxylic acid groups (broad SMARTS) is 1. The van der Waals surface area contributed by atoms with Crippen LogP contribution in [0.25, 0.3) is 0 Å². The first-order chi connectivity index (χ1) is 10.1. The molecule has 1 fully saturated rings. The molecule has 0 bridgehead atoms. The lowest BCUT2D eigenvalue weighted by atomic mass is 10.2. The number of aliphatic carboxylic acids is 1. The van der Waals surface area contributed by atoms with E-state index in [2.05, 4.69) is 26.2 Å². The van der Waals surface area contributed by atoms with Gasteiger partial charge in [-0.2, -0.15) is 0 Å². The molecule has 1 aliphatic rings. The first-order valence-electron chi connectivity index (χ1n) is 7.47. The molecule has 0 saturated carbocycles. The molecule has 0 aromatic heterocycles. The molecule has 0 radical (unpaired) electrons. The molecule has 0 aromatic carbocycles.